The van der Waals surface area contributed by atoms with E-state index in [0.717, 1.165) is 25.9 Å². The SMILES string of the molecule is CCC1(C)CC(NOCC(N)=O)CCO1. The van der Waals surface area contributed by atoms with Crippen molar-refractivity contribution in [2.45, 2.75) is 44.8 Å². The Labute approximate surface area is 90.3 Å². The average Bonchev–Trinajstić information content (AvgIpc) is 2.17. The summed E-state index contributed by atoms with van der Waals surface area (Å²) in [4.78, 5) is 15.4. The molecular weight excluding hydrogens is 196 g/mol. The molecule has 1 fully saturated rings. The average molecular weight is 216 g/mol. The van der Waals surface area contributed by atoms with Crippen molar-refractivity contribution in [1.29, 1.82) is 0 Å². The summed E-state index contributed by atoms with van der Waals surface area (Å²) >= 11 is 0. The van der Waals surface area contributed by atoms with Gasteiger partial charge in [-0.2, -0.15) is 5.48 Å². The van der Waals surface area contributed by atoms with Gasteiger partial charge < -0.3 is 10.5 Å². The molecule has 0 aromatic rings. The zero-order valence-corrected chi connectivity index (χ0v) is 9.41. The predicted octanol–water partition coefficient (Wildman–Crippen LogP) is 0.341. The Morgan fingerprint density at radius 2 is 2.47 bits per heavy atom. The first kappa shape index (κ1) is 12.4. The number of nitrogens with one attached hydrogen (secondary N) is 1. The summed E-state index contributed by atoms with van der Waals surface area (Å²) in [5.41, 5.74) is 7.74. The third-order valence-electron chi connectivity index (χ3n) is 2.81. The summed E-state index contributed by atoms with van der Waals surface area (Å²) in [5.74, 6) is -0.465. The second-order valence-electron chi connectivity index (χ2n) is 4.21. The van der Waals surface area contributed by atoms with E-state index in [2.05, 4.69) is 19.3 Å². The number of primary amides is 1. The fourth-order valence-electron chi connectivity index (χ4n) is 1.71. The number of carbonyl (C=O) groups excluding carboxylic acids is 1. The van der Waals surface area contributed by atoms with Crippen LogP contribution >= 0.6 is 0 Å². The maximum Gasteiger partial charge on any atom is 0.245 e. The molecule has 0 bridgehead atoms. The van der Waals surface area contributed by atoms with Gasteiger partial charge in [0.15, 0.2) is 0 Å². The zero-order chi connectivity index (χ0) is 11.3. The first-order valence-corrected chi connectivity index (χ1v) is 5.35. The third-order valence-corrected chi connectivity index (χ3v) is 2.81. The van der Waals surface area contributed by atoms with E-state index in [1.54, 1.807) is 0 Å². The maximum atomic E-state index is 10.5. The molecule has 0 radical (unpaired) electrons. The molecular formula is C10H20N2O3. The van der Waals surface area contributed by atoms with Crippen molar-refractivity contribution < 1.29 is 14.4 Å². The molecule has 1 rings (SSSR count). The minimum atomic E-state index is -0.465. The molecule has 0 saturated carbocycles. The van der Waals surface area contributed by atoms with Gasteiger partial charge in [0.05, 0.1) is 5.60 Å². The zero-order valence-electron chi connectivity index (χ0n) is 9.41. The molecule has 2 atom stereocenters. The topological polar surface area (TPSA) is 73.6 Å². The van der Waals surface area contributed by atoms with Crippen molar-refractivity contribution in [2.24, 2.45) is 5.73 Å². The van der Waals surface area contributed by atoms with E-state index >= 15 is 0 Å². The van der Waals surface area contributed by atoms with Crippen molar-refractivity contribution >= 4 is 5.91 Å². The highest BCUT2D eigenvalue weighted by molar-refractivity contribution is 5.74. The second kappa shape index (κ2) is 5.44. The summed E-state index contributed by atoms with van der Waals surface area (Å²) in [6, 6.07) is 0.239. The molecule has 0 aromatic carbocycles. The van der Waals surface area contributed by atoms with Crippen LogP contribution in [0.3, 0.4) is 0 Å². The smallest absolute Gasteiger partial charge is 0.245 e. The van der Waals surface area contributed by atoms with Crippen LogP contribution in [0.5, 0.6) is 0 Å². The Balaban J connectivity index is 2.27. The summed E-state index contributed by atoms with van der Waals surface area (Å²) < 4.78 is 5.69. The Hall–Kier alpha value is -0.650. The standard InChI is InChI=1S/C10H20N2O3/c1-3-10(2)6-8(4-5-14-10)12-15-7-9(11)13/h8,12H,3-7H2,1-2H3,(H2,11,13). The van der Waals surface area contributed by atoms with Crippen LogP contribution in [0.25, 0.3) is 0 Å². The summed E-state index contributed by atoms with van der Waals surface area (Å²) in [7, 11) is 0. The van der Waals surface area contributed by atoms with Crippen LogP contribution in [0, 0.1) is 0 Å². The number of hydrogen-bond donors (Lipinski definition) is 2. The Morgan fingerprint density at radius 1 is 1.73 bits per heavy atom. The predicted molar refractivity (Wildman–Crippen MR) is 56.0 cm³/mol. The highest BCUT2D eigenvalue weighted by Gasteiger charge is 2.31. The monoisotopic (exact) mass is 216 g/mol. The van der Waals surface area contributed by atoms with Crippen molar-refractivity contribution in [3.05, 3.63) is 0 Å². The van der Waals surface area contributed by atoms with Crippen LogP contribution in [-0.2, 0) is 14.4 Å². The van der Waals surface area contributed by atoms with Crippen molar-refractivity contribution in [1.82, 2.24) is 5.48 Å². The molecule has 15 heavy (non-hydrogen) atoms. The summed E-state index contributed by atoms with van der Waals surface area (Å²) in [6.45, 7) is 4.84. The minimum absolute atomic E-state index is 0.0774. The van der Waals surface area contributed by atoms with Gasteiger partial charge in [-0.05, 0) is 26.2 Å². The van der Waals surface area contributed by atoms with Gasteiger partial charge in [-0.3, -0.25) is 9.63 Å². The molecule has 1 heterocycles. The van der Waals surface area contributed by atoms with Crippen LogP contribution < -0.4 is 11.2 Å². The van der Waals surface area contributed by atoms with Crippen LogP contribution in [-0.4, -0.2) is 30.8 Å². The van der Waals surface area contributed by atoms with Gasteiger partial charge in [-0.25, -0.2) is 0 Å². The Bertz CT molecular complexity index is 223. The number of rotatable bonds is 5. The number of carbonyl (C=O) groups is 1. The second-order valence-corrected chi connectivity index (χ2v) is 4.21. The largest absolute Gasteiger partial charge is 0.375 e. The molecule has 1 aliphatic rings. The molecule has 3 N–H and O–H groups in total. The first-order valence-electron chi connectivity index (χ1n) is 5.35. The third kappa shape index (κ3) is 4.15. The first-order chi connectivity index (χ1) is 7.06. The highest BCUT2D eigenvalue weighted by atomic mass is 16.6. The number of nitrogens with two attached hydrogens (primary N) is 1. The van der Waals surface area contributed by atoms with Gasteiger partial charge in [0.2, 0.25) is 5.91 Å². The van der Waals surface area contributed by atoms with E-state index in [-0.39, 0.29) is 18.2 Å². The number of hydroxylamine groups is 1. The van der Waals surface area contributed by atoms with Crippen molar-refractivity contribution in [3.8, 4) is 0 Å². The maximum absolute atomic E-state index is 10.5. The van der Waals surface area contributed by atoms with E-state index in [0.29, 0.717) is 0 Å². The quantitative estimate of drug-likeness (QED) is 0.650. The van der Waals surface area contributed by atoms with Crippen molar-refractivity contribution in [3.63, 3.8) is 0 Å². The molecule has 5 nitrogen and oxygen atoms in total. The summed E-state index contributed by atoms with van der Waals surface area (Å²) in [5, 5.41) is 0. The van der Waals surface area contributed by atoms with Gasteiger partial charge in [0.1, 0.15) is 6.61 Å². The van der Waals surface area contributed by atoms with Gasteiger partial charge in [0, 0.05) is 12.6 Å². The molecule has 0 spiro atoms. The lowest BCUT2D eigenvalue weighted by atomic mass is 9.90. The van der Waals surface area contributed by atoms with E-state index in [9.17, 15) is 4.79 Å². The molecule has 1 amide bonds. The van der Waals surface area contributed by atoms with Gasteiger partial charge in [-0.15, -0.1) is 0 Å². The highest BCUT2D eigenvalue weighted by Crippen LogP contribution is 2.27. The van der Waals surface area contributed by atoms with E-state index in [1.807, 2.05) is 0 Å². The molecule has 88 valence electrons. The van der Waals surface area contributed by atoms with Crippen LogP contribution in [0.2, 0.25) is 0 Å². The Morgan fingerprint density at radius 3 is 3.07 bits per heavy atom. The fraction of sp³-hybridized carbons (Fsp3) is 0.900. The molecule has 5 heteroatoms. The molecule has 0 aliphatic carbocycles. The molecule has 0 aromatic heterocycles. The lowest BCUT2D eigenvalue weighted by molar-refractivity contribution is -0.130. The number of hydrogen-bond acceptors (Lipinski definition) is 4. The lowest BCUT2D eigenvalue weighted by Crippen LogP contribution is -2.45. The number of amides is 1. The summed E-state index contributed by atoms with van der Waals surface area (Å²) in [6.07, 6.45) is 2.76. The van der Waals surface area contributed by atoms with Crippen LogP contribution in [0.4, 0.5) is 0 Å². The van der Waals surface area contributed by atoms with E-state index in [4.69, 9.17) is 15.3 Å². The van der Waals surface area contributed by atoms with Gasteiger partial charge in [0.25, 0.3) is 0 Å². The minimum Gasteiger partial charge on any atom is -0.375 e. The van der Waals surface area contributed by atoms with Crippen LogP contribution in [0.1, 0.15) is 33.1 Å². The molecule has 2 unspecified atom stereocenters. The number of ether oxygens (including phenoxy) is 1. The van der Waals surface area contributed by atoms with Crippen molar-refractivity contribution in [2.75, 3.05) is 13.2 Å². The normalized spacial score (nSPS) is 31.5. The van der Waals surface area contributed by atoms with E-state index in [1.165, 1.54) is 0 Å². The van der Waals surface area contributed by atoms with Gasteiger partial charge >= 0.3 is 0 Å². The van der Waals surface area contributed by atoms with E-state index < -0.39 is 5.91 Å². The van der Waals surface area contributed by atoms with Crippen LogP contribution in [0.15, 0.2) is 0 Å². The fourth-order valence-corrected chi connectivity index (χ4v) is 1.71. The molecule has 1 aliphatic heterocycles. The lowest BCUT2D eigenvalue weighted by Gasteiger charge is -2.37. The Kier molecular flexibility index (Phi) is 4.50. The van der Waals surface area contributed by atoms with Gasteiger partial charge in [-0.1, -0.05) is 6.92 Å². The molecule has 1 saturated heterocycles.